The Bertz CT molecular complexity index is 1120. The Balaban J connectivity index is 1.79. The number of carbonyl (C=O) groups excluding carboxylic acids is 2. The summed E-state index contributed by atoms with van der Waals surface area (Å²) in [7, 11) is 2.53. The highest BCUT2D eigenvalue weighted by Crippen LogP contribution is 2.32. The van der Waals surface area contributed by atoms with Crippen molar-refractivity contribution in [2.75, 3.05) is 27.4 Å². The molecule has 0 radical (unpaired) electrons. The van der Waals surface area contributed by atoms with E-state index in [2.05, 4.69) is 5.10 Å². The van der Waals surface area contributed by atoms with Gasteiger partial charge in [0.05, 0.1) is 39.2 Å². The molecule has 1 atom stereocenters. The summed E-state index contributed by atoms with van der Waals surface area (Å²) in [5.41, 5.74) is 2.48. The number of aromatic nitrogens is 2. The van der Waals surface area contributed by atoms with Gasteiger partial charge in [0.1, 0.15) is 11.3 Å². The van der Waals surface area contributed by atoms with Crippen LogP contribution >= 0.6 is 0 Å². The summed E-state index contributed by atoms with van der Waals surface area (Å²) < 4.78 is 23.0. The lowest BCUT2D eigenvalue weighted by molar-refractivity contribution is 0.0107. The Morgan fingerprint density at radius 3 is 2.45 bits per heavy atom. The van der Waals surface area contributed by atoms with Crippen molar-refractivity contribution < 1.29 is 28.5 Å². The fourth-order valence-corrected chi connectivity index (χ4v) is 3.90. The van der Waals surface area contributed by atoms with Crippen molar-refractivity contribution in [2.45, 2.75) is 25.6 Å². The molecule has 1 unspecified atom stereocenters. The maximum Gasteiger partial charge on any atom is 0.357 e. The Labute approximate surface area is 192 Å². The minimum absolute atomic E-state index is 0.000581. The molecule has 4 rings (SSSR count). The van der Waals surface area contributed by atoms with Gasteiger partial charge in [-0.05, 0) is 30.5 Å². The van der Waals surface area contributed by atoms with Crippen LogP contribution in [-0.2, 0) is 25.6 Å². The fraction of sp³-hybridized carbons (Fsp3) is 0.320. The maximum absolute atomic E-state index is 12.9. The minimum Gasteiger partial charge on any atom is -0.465 e. The van der Waals surface area contributed by atoms with Crippen LogP contribution in [0.4, 0.5) is 0 Å². The van der Waals surface area contributed by atoms with Crippen molar-refractivity contribution in [2.24, 2.45) is 0 Å². The van der Waals surface area contributed by atoms with E-state index in [-0.39, 0.29) is 17.4 Å². The normalized spacial score (nSPS) is 15.4. The second-order valence-electron chi connectivity index (χ2n) is 7.61. The predicted octanol–water partition coefficient (Wildman–Crippen LogP) is 3.81. The van der Waals surface area contributed by atoms with Gasteiger partial charge in [-0.3, -0.25) is 0 Å². The topological polar surface area (TPSA) is 88.9 Å². The molecule has 0 aliphatic carbocycles. The first-order valence-corrected chi connectivity index (χ1v) is 10.8. The molecule has 0 saturated carbocycles. The zero-order valence-corrected chi connectivity index (χ0v) is 18.7. The molecular weight excluding hydrogens is 424 g/mol. The third-order valence-electron chi connectivity index (χ3n) is 5.51. The maximum atomic E-state index is 12.9. The number of rotatable bonds is 8. The zero-order chi connectivity index (χ0) is 23.2. The molecule has 8 nitrogen and oxygen atoms in total. The number of nitrogens with zero attached hydrogens (tertiary/aromatic N) is 2. The molecule has 1 saturated heterocycles. The monoisotopic (exact) mass is 450 g/mol. The third-order valence-corrected chi connectivity index (χ3v) is 5.51. The molecule has 1 aliphatic heterocycles. The van der Waals surface area contributed by atoms with Crippen LogP contribution in [0.15, 0.2) is 54.6 Å². The second kappa shape index (κ2) is 10.4. The van der Waals surface area contributed by atoms with Crippen LogP contribution in [0.3, 0.4) is 0 Å². The number of methoxy groups -OCH3 is 2. The van der Waals surface area contributed by atoms with E-state index in [4.69, 9.17) is 18.9 Å². The van der Waals surface area contributed by atoms with Crippen LogP contribution in [0.1, 0.15) is 39.3 Å². The summed E-state index contributed by atoms with van der Waals surface area (Å²) in [6, 6.07) is 16.6. The van der Waals surface area contributed by atoms with E-state index in [1.807, 2.05) is 42.5 Å². The number of esters is 2. The second-order valence-corrected chi connectivity index (χ2v) is 7.61. The van der Waals surface area contributed by atoms with Crippen molar-refractivity contribution >= 4 is 11.9 Å². The van der Waals surface area contributed by atoms with Gasteiger partial charge in [0.2, 0.25) is 0 Å². The average Bonchev–Trinajstić information content (AvgIpc) is 3.52. The van der Waals surface area contributed by atoms with Crippen molar-refractivity contribution in [3.8, 4) is 16.9 Å². The SMILES string of the molecule is COC(=O)c1c(-c2ccccc2COCC2CCCO2)nn(-c2ccccc2)c1C(=O)OC. The smallest absolute Gasteiger partial charge is 0.357 e. The van der Waals surface area contributed by atoms with Crippen molar-refractivity contribution in [3.63, 3.8) is 0 Å². The number of hydrogen-bond acceptors (Lipinski definition) is 7. The Morgan fingerprint density at radius 2 is 1.76 bits per heavy atom. The highest BCUT2D eigenvalue weighted by molar-refractivity contribution is 6.07. The largest absolute Gasteiger partial charge is 0.465 e. The molecule has 0 N–H and O–H groups in total. The van der Waals surface area contributed by atoms with Gasteiger partial charge in [-0.1, -0.05) is 42.5 Å². The molecule has 1 aromatic heterocycles. The summed E-state index contributed by atoms with van der Waals surface area (Å²) in [6.07, 6.45) is 2.13. The van der Waals surface area contributed by atoms with E-state index in [1.165, 1.54) is 18.9 Å². The van der Waals surface area contributed by atoms with Crippen molar-refractivity contribution in [1.82, 2.24) is 9.78 Å². The van der Waals surface area contributed by atoms with Gasteiger partial charge < -0.3 is 18.9 Å². The number of benzene rings is 2. The van der Waals surface area contributed by atoms with Crippen LogP contribution in [0.2, 0.25) is 0 Å². The molecule has 0 bridgehead atoms. The number of para-hydroxylation sites is 1. The molecule has 0 spiro atoms. The summed E-state index contributed by atoms with van der Waals surface area (Å²) in [6.45, 7) is 1.56. The minimum atomic E-state index is -0.690. The first kappa shape index (κ1) is 22.7. The lowest BCUT2D eigenvalue weighted by Crippen LogP contribution is -2.15. The number of hydrogen-bond donors (Lipinski definition) is 0. The fourth-order valence-electron chi connectivity index (χ4n) is 3.90. The molecule has 0 amide bonds. The van der Waals surface area contributed by atoms with Gasteiger partial charge in [0.25, 0.3) is 0 Å². The van der Waals surface area contributed by atoms with E-state index in [1.54, 1.807) is 12.1 Å². The third kappa shape index (κ3) is 4.81. The molecule has 2 aromatic carbocycles. The van der Waals surface area contributed by atoms with E-state index in [0.29, 0.717) is 30.2 Å². The Morgan fingerprint density at radius 1 is 1.03 bits per heavy atom. The first-order valence-electron chi connectivity index (χ1n) is 10.8. The van der Waals surface area contributed by atoms with Gasteiger partial charge in [-0.15, -0.1) is 0 Å². The molecule has 8 heteroatoms. The summed E-state index contributed by atoms with van der Waals surface area (Å²) in [4.78, 5) is 25.6. The summed E-state index contributed by atoms with van der Waals surface area (Å²) in [5, 5.41) is 4.67. The number of ether oxygens (including phenoxy) is 4. The predicted molar refractivity (Wildman–Crippen MR) is 120 cm³/mol. The molecular formula is C25H26N2O6. The van der Waals surface area contributed by atoms with Crippen LogP contribution in [-0.4, -0.2) is 55.3 Å². The van der Waals surface area contributed by atoms with E-state index < -0.39 is 11.9 Å². The highest BCUT2D eigenvalue weighted by Gasteiger charge is 2.32. The zero-order valence-electron chi connectivity index (χ0n) is 18.7. The van der Waals surface area contributed by atoms with Gasteiger partial charge in [-0.25, -0.2) is 14.3 Å². The van der Waals surface area contributed by atoms with Gasteiger partial charge in [-0.2, -0.15) is 5.10 Å². The van der Waals surface area contributed by atoms with Gasteiger partial charge >= 0.3 is 11.9 Å². The van der Waals surface area contributed by atoms with E-state index in [0.717, 1.165) is 25.0 Å². The summed E-state index contributed by atoms with van der Waals surface area (Å²) >= 11 is 0. The Kier molecular flexibility index (Phi) is 7.16. The van der Waals surface area contributed by atoms with Crippen LogP contribution in [0.5, 0.6) is 0 Å². The molecule has 2 heterocycles. The van der Waals surface area contributed by atoms with Gasteiger partial charge in [0, 0.05) is 12.2 Å². The number of carbonyl (C=O) groups is 2. The van der Waals surface area contributed by atoms with Crippen LogP contribution in [0, 0.1) is 0 Å². The molecule has 1 fully saturated rings. The lowest BCUT2D eigenvalue weighted by atomic mass is 10.0. The molecule has 33 heavy (non-hydrogen) atoms. The molecule has 3 aromatic rings. The van der Waals surface area contributed by atoms with Crippen molar-refractivity contribution in [3.05, 3.63) is 71.4 Å². The highest BCUT2D eigenvalue weighted by atomic mass is 16.5. The summed E-state index contributed by atoms with van der Waals surface area (Å²) in [5.74, 6) is -1.37. The van der Waals surface area contributed by atoms with Gasteiger partial charge in [0.15, 0.2) is 5.69 Å². The van der Waals surface area contributed by atoms with E-state index in [9.17, 15) is 9.59 Å². The van der Waals surface area contributed by atoms with Crippen LogP contribution in [0.25, 0.3) is 16.9 Å². The Hall–Kier alpha value is -3.49. The van der Waals surface area contributed by atoms with E-state index >= 15 is 0 Å². The molecule has 172 valence electrons. The standard InChI is InChI=1S/C25H26N2O6/c1-30-24(28)21-22(26-27(23(21)25(29)31-2)18-10-4-3-5-11-18)20-13-7-6-9-17(20)15-32-16-19-12-8-14-33-19/h3-7,9-11,13,19H,8,12,14-16H2,1-2H3. The lowest BCUT2D eigenvalue weighted by Gasteiger charge is -2.12. The van der Waals surface area contributed by atoms with Crippen molar-refractivity contribution in [1.29, 1.82) is 0 Å². The van der Waals surface area contributed by atoms with Crippen LogP contribution < -0.4 is 0 Å². The first-order chi connectivity index (χ1) is 16.1. The quantitative estimate of drug-likeness (QED) is 0.482. The molecule has 1 aliphatic rings. The average molecular weight is 450 g/mol.